The number of aromatic hydroxyl groups is 1. The highest BCUT2D eigenvalue weighted by atomic mass is 16.5. The van der Waals surface area contributed by atoms with Gasteiger partial charge in [-0.05, 0) is 90.4 Å². The van der Waals surface area contributed by atoms with Crippen LogP contribution in [0.3, 0.4) is 0 Å². The van der Waals surface area contributed by atoms with Crippen LogP contribution >= 0.6 is 0 Å². The molecule has 4 atom stereocenters. The molecule has 1 aliphatic heterocycles. The zero-order chi connectivity index (χ0) is 25.2. The smallest absolute Gasteiger partial charge is 0.223 e. The molecule has 0 saturated carbocycles. The fourth-order valence-corrected chi connectivity index (χ4v) is 5.86. The summed E-state index contributed by atoms with van der Waals surface area (Å²) in [7, 11) is 1.70. The largest absolute Gasteiger partial charge is 0.508 e. The Bertz CT molecular complexity index is 1040. The van der Waals surface area contributed by atoms with E-state index in [0.29, 0.717) is 17.6 Å². The molecule has 5 nitrogen and oxygen atoms in total. The van der Waals surface area contributed by atoms with Gasteiger partial charge in [0.1, 0.15) is 11.5 Å². The Labute approximate surface area is 210 Å². The van der Waals surface area contributed by atoms with Crippen molar-refractivity contribution in [3.8, 4) is 11.5 Å². The van der Waals surface area contributed by atoms with Crippen LogP contribution in [0.2, 0.25) is 0 Å². The number of carbonyl (C=O) groups excluding carboxylic acids is 1. The first-order valence-corrected chi connectivity index (χ1v) is 13.2. The molecule has 0 radical (unpaired) electrons. The predicted molar refractivity (Wildman–Crippen MR) is 141 cm³/mol. The van der Waals surface area contributed by atoms with Gasteiger partial charge >= 0.3 is 0 Å². The number of likely N-dealkylation sites (tertiary alicyclic amines) is 1. The summed E-state index contributed by atoms with van der Waals surface area (Å²) < 4.78 is 5.36. The number of phenols is 1. The Morgan fingerprint density at radius 1 is 1.23 bits per heavy atom. The quantitative estimate of drug-likeness (QED) is 0.591. The van der Waals surface area contributed by atoms with Gasteiger partial charge in [0.25, 0.3) is 0 Å². The van der Waals surface area contributed by atoms with Crippen LogP contribution in [0.15, 0.2) is 42.5 Å². The fraction of sp³-hybridized carbons (Fsp3) is 0.567. The first-order chi connectivity index (χ1) is 16.7. The number of nitrogens with one attached hydrogen (secondary N) is 1. The van der Waals surface area contributed by atoms with Crippen molar-refractivity contribution in [2.45, 2.75) is 64.8 Å². The molecule has 0 aromatic heterocycles. The molecule has 35 heavy (non-hydrogen) atoms. The summed E-state index contributed by atoms with van der Waals surface area (Å²) in [6.07, 6.45) is 3.66. The lowest BCUT2D eigenvalue weighted by atomic mass is 9.68. The van der Waals surface area contributed by atoms with Crippen LogP contribution in [0.5, 0.6) is 11.5 Å². The van der Waals surface area contributed by atoms with E-state index in [1.54, 1.807) is 13.2 Å². The number of amides is 1. The molecule has 190 valence electrons. The maximum Gasteiger partial charge on any atom is 0.223 e. The summed E-state index contributed by atoms with van der Waals surface area (Å²) in [4.78, 5) is 15.8. The maximum absolute atomic E-state index is 13.3. The predicted octanol–water partition coefficient (Wildman–Crippen LogP) is 4.95. The average Bonchev–Trinajstić information content (AvgIpc) is 2.85. The van der Waals surface area contributed by atoms with Gasteiger partial charge in [0.2, 0.25) is 5.91 Å². The Morgan fingerprint density at radius 3 is 2.71 bits per heavy atom. The van der Waals surface area contributed by atoms with Crippen LogP contribution in [0.1, 0.15) is 57.2 Å². The molecule has 2 aromatic carbocycles. The Hall–Kier alpha value is -2.53. The summed E-state index contributed by atoms with van der Waals surface area (Å²) in [5.74, 6) is 2.28. The van der Waals surface area contributed by atoms with Gasteiger partial charge in [-0.25, -0.2) is 0 Å². The third-order valence-corrected chi connectivity index (χ3v) is 8.67. The molecule has 1 saturated heterocycles. The molecule has 4 rings (SSSR count). The van der Waals surface area contributed by atoms with Gasteiger partial charge in [0.05, 0.1) is 7.11 Å². The molecule has 2 N–H and O–H groups in total. The third kappa shape index (κ3) is 5.66. The minimum atomic E-state index is 0.0338. The molecular formula is C30H42N2O3. The monoisotopic (exact) mass is 478 g/mol. The number of hydrogen-bond donors (Lipinski definition) is 2. The van der Waals surface area contributed by atoms with E-state index in [-0.39, 0.29) is 23.3 Å². The van der Waals surface area contributed by atoms with Crippen molar-refractivity contribution in [1.82, 2.24) is 10.2 Å². The number of carbonyl (C=O) groups is 1. The first-order valence-electron chi connectivity index (χ1n) is 13.2. The van der Waals surface area contributed by atoms with Crippen molar-refractivity contribution in [1.29, 1.82) is 0 Å². The van der Waals surface area contributed by atoms with Crippen LogP contribution in [0.4, 0.5) is 0 Å². The van der Waals surface area contributed by atoms with Gasteiger partial charge < -0.3 is 20.1 Å². The Morgan fingerprint density at radius 2 is 2.03 bits per heavy atom. The summed E-state index contributed by atoms with van der Waals surface area (Å²) in [5.41, 5.74) is 3.85. The van der Waals surface area contributed by atoms with Crippen LogP contribution < -0.4 is 10.1 Å². The number of fused-ring (bicyclic) bond motifs is 1. The van der Waals surface area contributed by atoms with Gasteiger partial charge in [-0.3, -0.25) is 4.79 Å². The van der Waals surface area contributed by atoms with Crippen molar-refractivity contribution < 1.29 is 14.6 Å². The van der Waals surface area contributed by atoms with E-state index >= 15 is 0 Å². The summed E-state index contributed by atoms with van der Waals surface area (Å²) >= 11 is 0. The highest BCUT2D eigenvalue weighted by molar-refractivity contribution is 5.79. The lowest BCUT2D eigenvalue weighted by Gasteiger charge is -2.46. The molecule has 2 aliphatic rings. The number of rotatable bonds is 7. The topological polar surface area (TPSA) is 61.8 Å². The van der Waals surface area contributed by atoms with Gasteiger partial charge in [0, 0.05) is 25.0 Å². The molecule has 1 amide bonds. The van der Waals surface area contributed by atoms with E-state index in [0.717, 1.165) is 51.1 Å². The number of aryl methyl sites for hydroxylation is 1. The van der Waals surface area contributed by atoms with Crippen molar-refractivity contribution in [2.75, 3.05) is 26.7 Å². The molecular weight excluding hydrogens is 436 g/mol. The third-order valence-electron chi connectivity index (χ3n) is 8.67. The maximum atomic E-state index is 13.3. The lowest BCUT2D eigenvalue weighted by molar-refractivity contribution is -0.126. The minimum Gasteiger partial charge on any atom is -0.508 e. The van der Waals surface area contributed by atoms with Crippen LogP contribution in [-0.4, -0.2) is 48.7 Å². The van der Waals surface area contributed by atoms with Gasteiger partial charge in [0.15, 0.2) is 0 Å². The number of methoxy groups -OCH3 is 1. The number of phenolic OH excluding ortho intramolecular Hbond substituents is 1. The summed E-state index contributed by atoms with van der Waals surface area (Å²) in [5, 5.41) is 13.4. The Balaban J connectivity index is 1.36. The fourth-order valence-electron chi connectivity index (χ4n) is 5.86. The number of hydrogen-bond acceptors (Lipinski definition) is 4. The molecule has 5 heteroatoms. The van der Waals surface area contributed by atoms with E-state index in [1.807, 2.05) is 18.2 Å². The molecule has 1 aliphatic carbocycles. The van der Waals surface area contributed by atoms with E-state index in [4.69, 9.17) is 4.74 Å². The van der Waals surface area contributed by atoms with E-state index in [1.165, 1.54) is 16.7 Å². The first kappa shape index (κ1) is 25.6. The summed E-state index contributed by atoms with van der Waals surface area (Å²) in [6.45, 7) is 11.9. The molecule has 0 unspecified atom stereocenters. The number of benzene rings is 2. The normalized spacial score (nSPS) is 25.7. The average molecular weight is 479 g/mol. The van der Waals surface area contributed by atoms with Gasteiger partial charge in [-0.2, -0.15) is 0 Å². The van der Waals surface area contributed by atoms with E-state index in [2.05, 4.69) is 56.1 Å². The Kier molecular flexibility index (Phi) is 7.75. The van der Waals surface area contributed by atoms with Crippen molar-refractivity contribution >= 4 is 5.91 Å². The second-order valence-electron chi connectivity index (χ2n) is 11.3. The standard InChI is InChI=1S/C30H42N2O3/c1-20(2)28(31-29(34)24-10-9-23-16-27(35-5)12-11-22(23)15-24)19-32-14-13-30(4,21(3)18-32)25-7-6-8-26(33)17-25/h6-8,11-12,16-17,20-21,24,28,33H,9-10,13-15,18-19H2,1-5H3,(H,31,34)/t21-,24+,28+,30+/m0/s1. The molecule has 1 fully saturated rings. The van der Waals surface area contributed by atoms with Crippen molar-refractivity contribution in [2.24, 2.45) is 17.8 Å². The SMILES string of the molecule is COc1ccc2c(c1)CC[C@@H](C(=O)N[C@H](CN1CC[C@@](C)(c3cccc(O)c3)[C@@H](C)C1)C(C)C)C2. The highest BCUT2D eigenvalue weighted by Crippen LogP contribution is 2.40. The minimum absolute atomic E-state index is 0.0338. The van der Waals surface area contributed by atoms with Crippen molar-refractivity contribution in [3.05, 3.63) is 59.2 Å². The zero-order valence-corrected chi connectivity index (χ0v) is 22.0. The lowest BCUT2D eigenvalue weighted by Crippen LogP contribution is -2.54. The number of nitrogens with zero attached hydrogens (tertiary/aromatic N) is 1. The van der Waals surface area contributed by atoms with Gasteiger partial charge in [-0.15, -0.1) is 0 Å². The number of ether oxygens (including phenoxy) is 1. The van der Waals surface area contributed by atoms with E-state index < -0.39 is 0 Å². The van der Waals surface area contributed by atoms with Crippen molar-refractivity contribution in [3.63, 3.8) is 0 Å². The molecule has 1 heterocycles. The second kappa shape index (κ2) is 10.6. The number of piperidine rings is 1. The summed E-state index contributed by atoms with van der Waals surface area (Å²) in [6, 6.07) is 14.1. The van der Waals surface area contributed by atoms with Crippen LogP contribution in [0, 0.1) is 17.8 Å². The zero-order valence-electron chi connectivity index (χ0n) is 22.0. The molecule has 0 spiro atoms. The van der Waals surface area contributed by atoms with Crippen LogP contribution in [-0.2, 0) is 23.1 Å². The van der Waals surface area contributed by atoms with E-state index in [9.17, 15) is 9.90 Å². The molecule has 0 bridgehead atoms. The van der Waals surface area contributed by atoms with Crippen LogP contribution in [0.25, 0.3) is 0 Å². The second-order valence-corrected chi connectivity index (χ2v) is 11.3. The highest BCUT2D eigenvalue weighted by Gasteiger charge is 2.39. The molecule has 2 aromatic rings. The van der Waals surface area contributed by atoms with Gasteiger partial charge in [-0.1, -0.05) is 45.9 Å².